The molecule has 0 aliphatic rings. The van der Waals surface area contributed by atoms with Crippen LogP contribution in [-0.4, -0.2) is 37.9 Å². The Bertz CT molecular complexity index is 1260. The number of nitrogens with two attached hydrogens (primary N) is 2. The minimum atomic E-state index is -0.762. The van der Waals surface area contributed by atoms with Gasteiger partial charge in [-0.05, 0) is 18.2 Å². The number of aromatic nitrogens is 5. The van der Waals surface area contributed by atoms with Crippen molar-refractivity contribution in [2.75, 3.05) is 23.9 Å². The molecule has 3 heterocycles. The Hall–Kier alpha value is -4.28. The average molecular weight is 408 g/mol. The van der Waals surface area contributed by atoms with Crippen molar-refractivity contribution in [1.29, 1.82) is 0 Å². The molecule has 10 nitrogen and oxygen atoms in total. The number of ether oxygens (including phenoxy) is 1. The molecule has 0 fully saturated rings. The Kier molecular flexibility index (Phi) is 4.84. The zero-order valence-corrected chi connectivity index (χ0v) is 15.8. The summed E-state index contributed by atoms with van der Waals surface area (Å²) in [7, 11) is 1.21. The van der Waals surface area contributed by atoms with Crippen LogP contribution in [0, 0.1) is 5.82 Å². The van der Waals surface area contributed by atoms with Crippen molar-refractivity contribution in [3.05, 3.63) is 54.0 Å². The van der Waals surface area contributed by atoms with Gasteiger partial charge in [0.05, 0.1) is 19.0 Å². The monoisotopic (exact) mass is 408 g/mol. The number of carbonyl (C=O) groups is 1. The predicted octanol–water partition coefficient (Wildman–Crippen LogP) is 2.42. The minimum absolute atomic E-state index is 0.00244. The highest BCUT2D eigenvalue weighted by atomic mass is 19.1. The average Bonchev–Trinajstić information content (AvgIpc) is 3.11. The highest BCUT2D eigenvalue weighted by Crippen LogP contribution is 2.30. The number of amides is 1. The van der Waals surface area contributed by atoms with Gasteiger partial charge in [-0.25, -0.2) is 28.8 Å². The number of pyridine rings is 1. The lowest BCUT2D eigenvalue weighted by atomic mass is 10.2. The van der Waals surface area contributed by atoms with Crippen LogP contribution >= 0.6 is 0 Å². The van der Waals surface area contributed by atoms with E-state index in [1.165, 1.54) is 13.2 Å². The molecule has 0 aliphatic carbocycles. The van der Waals surface area contributed by atoms with Crippen LogP contribution in [0.3, 0.4) is 0 Å². The maximum absolute atomic E-state index is 14.1. The Labute approximate surface area is 169 Å². The lowest BCUT2D eigenvalue weighted by molar-refractivity contribution is 0.187. The fourth-order valence-electron chi connectivity index (χ4n) is 2.91. The van der Waals surface area contributed by atoms with E-state index in [0.717, 1.165) is 0 Å². The molecule has 4 rings (SSSR count). The predicted molar refractivity (Wildman–Crippen MR) is 109 cm³/mol. The number of methoxy groups -OCH3 is 1. The molecule has 5 N–H and O–H groups in total. The van der Waals surface area contributed by atoms with Gasteiger partial charge in [-0.1, -0.05) is 18.2 Å². The molecule has 11 heteroatoms. The molecular weight excluding hydrogens is 391 g/mol. The summed E-state index contributed by atoms with van der Waals surface area (Å²) in [5.74, 6) is -0.272. The molecule has 0 radical (unpaired) electrons. The summed E-state index contributed by atoms with van der Waals surface area (Å²) in [4.78, 5) is 24.4. The molecule has 30 heavy (non-hydrogen) atoms. The van der Waals surface area contributed by atoms with Gasteiger partial charge in [0.25, 0.3) is 0 Å². The molecule has 4 aromatic rings. The van der Waals surface area contributed by atoms with Crippen LogP contribution in [0.5, 0.6) is 0 Å². The molecule has 3 aromatic heterocycles. The number of hydrogen-bond donors (Lipinski definition) is 3. The van der Waals surface area contributed by atoms with Crippen LogP contribution in [0.4, 0.5) is 26.5 Å². The smallest absolute Gasteiger partial charge is 0.412 e. The van der Waals surface area contributed by atoms with Crippen LogP contribution in [0.2, 0.25) is 0 Å². The molecular formula is C19H17FN8O2. The van der Waals surface area contributed by atoms with Gasteiger partial charge in [0.2, 0.25) is 0 Å². The molecule has 0 unspecified atom stereocenters. The summed E-state index contributed by atoms with van der Waals surface area (Å²) in [6.07, 6.45) is 0.844. The second-order valence-corrected chi connectivity index (χ2v) is 6.28. The number of fused-ring (bicyclic) bond motifs is 1. The van der Waals surface area contributed by atoms with E-state index in [-0.39, 0.29) is 35.5 Å². The molecule has 0 aliphatic heterocycles. The normalized spacial score (nSPS) is 10.9. The highest BCUT2D eigenvalue weighted by Gasteiger charge is 2.20. The van der Waals surface area contributed by atoms with Gasteiger partial charge < -0.3 is 16.2 Å². The van der Waals surface area contributed by atoms with E-state index in [0.29, 0.717) is 22.3 Å². The summed E-state index contributed by atoms with van der Waals surface area (Å²) in [5.41, 5.74) is 13.1. The van der Waals surface area contributed by atoms with Gasteiger partial charge in [-0.15, -0.1) is 0 Å². The van der Waals surface area contributed by atoms with Gasteiger partial charge >= 0.3 is 6.09 Å². The summed E-state index contributed by atoms with van der Waals surface area (Å²) in [6, 6.07) is 9.92. The topological polar surface area (TPSA) is 147 Å². The number of nitrogen functional groups attached to an aromatic ring is 2. The summed E-state index contributed by atoms with van der Waals surface area (Å²) >= 11 is 0. The van der Waals surface area contributed by atoms with Gasteiger partial charge in [0.15, 0.2) is 23.1 Å². The fourth-order valence-corrected chi connectivity index (χ4v) is 2.91. The summed E-state index contributed by atoms with van der Waals surface area (Å²) in [6.45, 7) is 0.151. The van der Waals surface area contributed by atoms with Crippen LogP contribution in [-0.2, 0) is 11.3 Å². The van der Waals surface area contributed by atoms with E-state index in [9.17, 15) is 9.18 Å². The standard InChI is InChI=1S/C19H17FN8O2/c1-30-19(29)26-16-13(21)15(22)24-17(25-16)14-11-6-4-8-23-18(11)28(27-14)9-10-5-2-3-7-12(10)20/h2-8H,9,21H2,1H3,(H3,22,24,25,26,29). The van der Waals surface area contributed by atoms with Crippen molar-refractivity contribution in [2.45, 2.75) is 6.54 Å². The molecule has 1 amide bonds. The van der Waals surface area contributed by atoms with Gasteiger partial charge in [0, 0.05) is 11.8 Å². The number of hydrogen-bond acceptors (Lipinski definition) is 8. The first-order valence-electron chi connectivity index (χ1n) is 8.81. The van der Waals surface area contributed by atoms with Crippen LogP contribution in [0.15, 0.2) is 42.6 Å². The Balaban J connectivity index is 1.84. The fraction of sp³-hybridized carbons (Fsp3) is 0.105. The number of rotatable bonds is 4. The molecule has 0 saturated carbocycles. The zero-order valence-electron chi connectivity index (χ0n) is 15.8. The van der Waals surface area contributed by atoms with Crippen LogP contribution in [0.25, 0.3) is 22.6 Å². The second-order valence-electron chi connectivity index (χ2n) is 6.28. The van der Waals surface area contributed by atoms with Crippen molar-refractivity contribution in [1.82, 2.24) is 24.7 Å². The van der Waals surface area contributed by atoms with Crippen molar-refractivity contribution in [2.24, 2.45) is 0 Å². The lowest BCUT2D eigenvalue weighted by Crippen LogP contribution is -2.16. The number of carbonyl (C=O) groups excluding carboxylic acids is 1. The maximum Gasteiger partial charge on any atom is 0.412 e. The Morgan fingerprint density at radius 3 is 2.77 bits per heavy atom. The first kappa shape index (κ1) is 19.1. The second kappa shape index (κ2) is 7.62. The summed E-state index contributed by atoms with van der Waals surface area (Å²) in [5, 5.41) is 7.55. The summed E-state index contributed by atoms with van der Waals surface area (Å²) < 4.78 is 20.3. The zero-order chi connectivity index (χ0) is 21.3. The molecule has 0 atom stereocenters. The van der Waals surface area contributed by atoms with E-state index in [1.54, 1.807) is 41.2 Å². The number of nitrogens with one attached hydrogen (secondary N) is 1. The van der Waals surface area contributed by atoms with Crippen molar-refractivity contribution < 1.29 is 13.9 Å². The molecule has 0 spiro atoms. The Morgan fingerprint density at radius 2 is 2.00 bits per heavy atom. The number of anilines is 3. The van der Waals surface area contributed by atoms with E-state index in [1.807, 2.05) is 0 Å². The first-order valence-corrected chi connectivity index (χ1v) is 8.81. The quantitative estimate of drug-likeness (QED) is 0.466. The molecule has 0 bridgehead atoms. The Morgan fingerprint density at radius 1 is 1.20 bits per heavy atom. The van der Waals surface area contributed by atoms with Crippen molar-refractivity contribution in [3.63, 3.8) is 0 Å². The van der Waals surface area contributed by atoms with Gasteiger partial charge in [-0.3, -0.25) is 5.32 Å². The van der Waals surface area contributed by atoms with E-state index < -0.39 is 6.09 Å². The first-order chi connectivity index (χ1) is 14.5. The van der Waals surface area contributed by atoms with Gasteiger partial charge in [-0.2, -0.15) is 5.10 Å². The lowest BCUT2D eigenvalue weighted by Gasteiger charge is -2.09. The highest BCUT2D eigenvalue weighted by molar-refractivity contribution is 5.93. The van der Waals surface area contributed by atoms with Crippen LogP contribution < -0.4 is 16.8 Å². The van der Waals surface area contributed by atoms with Crippen LogP contribution in [0.1, 0.15) is 5.56 Å². The number of nitrogens with zero attached hydrogens (tertiary/aromatic N) is 5. The minimum Gasteiger partial charge on any atom is -0.453 e. The number of benzene rings is 1. The third kappa shape index (κ3) is 3.43. The maximum atomic E-state index is 14.1. The third-order valence-corrected chi connectivity index (χ3v) is 4.38. The molecule has 0 saturated heterocycles. The van der Waals surface area contributed by atoms with Crippen molar-refractivity contribution >= 4 is 34.4 Å². The SMILES string of the molecule is COC(=O)Nc1nc(-c2nn(Cc3ccccc3F)c3ncccc23)nc(N)c1N. The molecule has 1 aromatic carbocycles. The van der Waals surface area contributed by atoms with E-state index in [2.05, 4.69) is 30.1 Å². The van der Waals surface area contributed by atoms with E-state index >= 15 is 0 Å². The van der Waals surface area contributed by atoms with E-state index in [4.69, 9.17) is 11.5 Å². The van der Waals surface area contributed by atoms with Gasteiger partial charge in [0.1, 0.15) is 17.2 Å². The largest absolute Gasteiger partial charge is 0.453 e. The molecule has 152 valence electrons. The van der Waals surface area contributed by atoms with Crippen molar-refractivity contribution in [3.8, 4) is 11.5 Å². The number of halogens is 1. The third-order valence-electron chi connectivity index (χ3n) is 4.38.